The van der Waals surface area contributed by atoms with E-state index in [2.05, 4.69) is 36.5 Å². The van der Waals surface area contributed by atoms with Crippen LogP contribution >= 0.6 is 0 Å². The minimum atomic E-state index is 0.0819. The van der Waals surface area contributed by atoms with E-state index in [9.17, 15) is 4.79 Å². The van der Waals surface area contributed by atoms with Crippen molar-refractivity contribution in [2.24, 2.45) is 5.92 Å². The Hall–Kier alpha value is -2.33. The number of fused-ring (bicyclic) bond motifs is 4. The highest BCUT2D eigenvalue weighted by Crippen LogP contribution is 2.52. The highest BCUT2D eigenvalue weighted by molar-refractivity contribution is 5.95. The molecule has 2 aromatic rings. The number of piperidine rings is 1. The number of aryl methyl sites for hydroxylation is 1. The number of amides is 1. The zero-order chi connectivity index (χ0) is 20.8. The van der Waals surface area contributed by atoms with E-state index >= 15 is 0 Å². The Bertz CT molecular complexity index is 954. The van der Waals surface area contributed by atoms with Crippen LogP contribution < -0.4 is 10.1 Å². The van der Waals surface area contributed by atoms with Gasteiger partial charge in [0.05, 0.1) is 0 Å². The molecule has 1 amide bonds. The molecular formula is C26H32N2O2. The number of nitrogens with one attached hydrogen (secondary N) is 1. The van der Waals surface area contributed by atoms with Crippen molar-refractivity contribution in [3.8, 4) is 11.5 Å². The second kappa shape index (κ2) is 7.73. The summed E-state index contributed by atoms with van der Waals surface area (Å²) in [5.74, 6) is 2.89. The number of carbonyl (C=O) groups excluding carboxylic acids is 1. The Balaban J connectivity index is 1.57. The van der Waals surface area contributed by atoms with E-state index in [1.54, 1.807) is 0 Å². The third-order valence-corrected chi connectivity index (χ3v) is 7.42. The van der Waals surface area contributed by atoms with Crippen LogP contribution in [0.2, 0.25) is 0 Å². The van der Waals surface area contributed by atoms with Crippen LogP contribution in [-0.4, -0.2) is 36.0 Å². The summed E-state index contributed by atoms with van der Waals surface area (Å²) in [7, 11) is 0. The normalized spacial score (nSPS) is 26.5. The van der Waals surface area contributed by atoms with Crippen LogP contribution in [-0.2, 0) is 0 Å². The number of hydrogen-bond donors (Lipinski definition) is 1. The predicted molar refractivity (Wildman–Crippen MR) is 119 cm³/mol. The van der Waals surface area contributed by atoms with Crippen molar-refractivity contribution in [2.45, 2.75) is 64.5 Å². The van der Waals surface area contributed by atoms with E-state index in [-0.39, 0.29) is 5.91 Å². The third kappa shape index (κ3) is 3.22. The molecule has 3 aliphatic rings. The van der Waals surface area contributed by atoms with Gasteiger partial charge >= 0.3 is 0 Å². The molecule has 2 aromatic carbocycles. The van der Waals surface area contributed by atoms with Gasteiger partial charge in [0.15, 0.2) is 0 Å². The lowest BCUT2D eigenvalue weighted by molar-refractivity contribution is 0.0772. The van der Waals surface area contributed by atoms with Crippen molar-refractivity contribution in [1.82, 2.24) is 10.2 Å². The van der Waals surface area contributed by atoms with Gasteiger partial charge < -0.3 is 15.0 Å². The first-order valence-corrected chi connectivity index (χ1v) is 11.6. The minimum absolute atomic E-state index is 0.0819. The molecule has 0 spiro atoms. The number of rotatable bonds is 4. The second-order valence-electron chi connectivity index (χ2n) is 9.17. The molecule has 3 heterocycles. The van der Waals surface area contributed by atoms with Crippen LogP contribution in [0, 0.1) is 12.8 Å². The molecule has 2 saturated heterocycles. The summed E-state index contributed by atoms with van der Waals surface area (Å²) in [6.07, 6.45) is 5.03. The SMILES string of the molecule is CCN(CC)C(=O)c1ccc2c(c1)Oc1c(C)cccc1C2C1CC2CCC(C1)N2. The van der Waals surface area contributed by atoms with E-state index in [4.69, 9.17) is 4.74 Å². The maximum absolute atomic E-state index is 12.9. The zero-order valence-corrected chi connectivity index (χ0v) is 18.3. The standard InChI is InChI=1S/C26H32N2O2/c1-4-28(5-2)26(29)17-9-12-21-23(15-17)30-25-16(3)7-6-8-22(25)24(21)18-13-19-10-11-20(14-18)27-19/h6-9,12,15,18-20,24,27H,4-5,10-11,13-14H2,1-3H3. The van der Waals surface area contributed by atoms with Gasteiger partial charge in [0, 0.05) is 47.8 Å². The second-order valence-corrected chi connectivity index (χ2v) is 9.17. The van der Waals surface area contributed by atoms with Gasteiger partial charge in [0.1, 0.15) is 11.5 Å². The van der Waals surface area contributed by atoms with Crippen LogP contribution in [0.3, 0.4) is 0 Å². The average molecular weight is 405 g/mol. The smallest absolute Gasteiger partial charge is 0.253 e. The van der Waals surface area contributed by atoms with Gasteiger partial charge in [-0.1, -0.05) is 24.3 Å². The largest absolute Gasteiger partial charge is 0.456 e. The molecule has 5 rings (SSSR count). The lowest BCUT2D eigenvalue weighted by atomic mass is 9.72. The first-order valence-electron chi connectivity index (χ1n) is 11.6. The van der Waals surface area contributed by atoms with Gasteiger partial charge in [0.2, 0.25) is 0 Å². The lowest BCUT2D eigenvalue weighted by Gasteiger charge is -2.39. The van der Waals surface area contributed by atoms with E-state index < -0.39 is 0 Å². The van der Waals surface area contributed by atoms with Crippen molar-refractivity contribution < 1.29 is 9.53 Å². The average Bonchev–Trinajstić information content (AvgIpc) is 3.10. The number of nitrogens with zero attached hydrogens (tertiary/aromatic N) is 1. The van der Waals surface area contributed by atoms with Gasteiger partial charge in [-0.2, -0.15) is 0 Å². The Kier molecular flexibility index (Phi) is 5.06. The van der Waals surface area contributed by atoms with E-state index in [1.807, 2.05) is 30.9 Å². The Labute approximate surface area is 179 Å². The van der Waals surface area contributed by atoms with Gasteiger partial charge in [-0.25, -0.2) is 0 Å². The maximum atomic E-state index is 12.9. The highest BCUT2D eigenvalue weighted by atomic mass is 16.5. The fraction of sp³-hybridized carbons (Fsp3) is 0.500. The van der Waals surface area contributed by atoms with E-state index in [0.717, 1.165) is 30.2 Å². The summed E-state index contributed by atoms with van der Waals surface area (Å²) in [4.78, 5) is 14.8. The maximum Gasteiger partial charge on any atom is 0.253 e. The molecule has 4 nitrogen and oxygen atoms in total. The monoisotopic (exact) mass is 404 g/mol. The van der Waals surface area contributed by atoms with Crippen molar-refractivity contribution in [3.63, 3.8) is 0 Å². The molecule has 0 saturated carbocycles. The first-order chi connectivity index (χ1) is 14.6. The summed E-state index contributed by atoms with van der Waals surface area (Å²) in [5, 5.41) is 3.79. The number of hydrogen-bond acceptors (Lipinski definition) is 3. The Morgan fingerprint density at radius 1 is 1.07 bits per heavy atom. The summed E-state index contributed by atoms with van der Waals surface area (Å²) < 4.78 is 6.45. The predicted octanol–water partition coefficient (Wildman–Crippen LogP) is 5.25. The van der Waals surface area contributed by atoms with Crippen LogP contribution in [0.25, 0.3) is 0 Å². The highest BCUT2D eigenvalue weighted by Gasteiger charge is 2.41. The molecular weight excluding hydrogens is 372 g/mol. The van der Waals surface area contributed by atoms with Gasteiger partial charge in [-0.15, -0.1) is 0 Å². The number of carbonyl (C=O) groups is 1. The minimum Gasteiger partial charge on any atom is -0.456 e. The van der Waals surface area contributed by atoms with Gasteiger partial charge in [0.25, 0.3) is 5.91 Å². The van der Waals surface area contributed by atoms with Gasteiger partial charge in [-0.3, -0.25) is 4.79 Å². The van der Waals surface area contributed by atoms with Crippen LogP contribution in [0.5, 0.6) is 11.5 Å². The van der Waals surface area contributed by atoms with Crippen LogP contribution in [0.15, 0.2) is 36.4 Å². The molecule has 3 atom stereocenters. The third-order valence-electron chi connectivity index (χ3n) is 7.42. The number of para-hydroxylation sites is 1. The topological polar surface area (TPSA) is 41.6 Å². The molecule has 0 aliphatic carbocycles. The van der Waals surface area contributed by atoms with E-state index in [1.165, 1.54) is 42.4 Å². The molecule has 0 radical (unpaired) electrons. The van der Waals surface area contributed by atoms with Crippen molar-refractivity contribution >= 4 is 5.91 Å². The van der Waals surface area contributed by atoms with Crippen molar-refractivity contribution in [1.29, 1.82) is 0 Å². The number of benzene rings is 2. The first kappa shape index (κ1) is 19.6. The summed E-state index contributed by atoms with van der Waals surface area (Å²) in [6, 6.07) is 14.0. The molecule has 2 fully saturated rings. The number of ether oxygens (including phenoxy) is 1. The fourth-order valence-electron chi connectivity index (χ4n) is 5.92. The summed E-state index contributed by atoms with van der Waals surface area (Å²) >= 11 is 0. The van der Waals surface area contributed by atoms with Crippen LogP contribution in [0.4, 0.5) is 0 Å². The van der Waals surface area contributed by atoms with E-state index in [0.29, 0.717) is 23.9 Å². The molecule has 30 heavy (non-hydrogen) atoms. The van der Waals surface area contributed by atoms with Gasteiger partial charge in [-0.05, 0) is 70.1 Å². The fourth-order valence-corrected chi connectivity index (χ4v) is 5.92. The molecule has 3 unspecified atom stereocenters. The van der Waals surface area contributed by atoms with Crippen molar-refractivity contribution in [3.05, 3.63) is 58.7 Å². The molecule has 0 aromatic heterocycles. The molecule has 4 heteroatoms. The quantitative estimate of drug-likeness (QED) is 0.757. The van der Waals surface area contributed by atoms with Crippen LogP contribution in [0.1, 0.15) is 72.5 Å². The molecule has 2 bridgehead atoms. The zero-order valence-electron chi connectivity index (χ0n) is 18.3. The molecule has 3 aliphatic heterocycles. The summed E-state index contributed by atoms with van der Waals surface area (Å²) in [5.41, 5.74) is 4.45. The Morgan fingerprint density at radius 2 is 1.80 bits per heavy atom. The van der Waals surface area contributed by atoms with Crippen molar-refractivity contribution in [2.75, 3.05) is 13.1 Å². The lowest BCUT2D eigenvalue weighted by Crippen LogP contribution is -2.40. The Morgan fingerprint density at radius 3 is 2.50 bits per heavy atom. The summed E-state index contributed by atoms with van der Waals surface area (Å²) in [6.45, 7) is 7.61. The molecule has 1 N–H and O–H groups in total. The molecule has 158 valence electrons.